The van der Waals surface area contributed by atoms with Gasteiger partial charge in [0, 0.05) is 31.1 Å². The Bertz CT molecular complexity index is 889. The SMILES string of the molecule is CCc1nc(NC(=O)CN2CCN(S(=O)(=O)c3ccccc3)CC2)sc1C. The van der Waals surface area contributed by atoms with Gasteiger partial charge in [0.1, 0.15) is 0 Å². The summed E-state index contributed by atoms with van der Waals surface area (Å²) >= 11 is 1.48. The van der Waals surface area contributed by atoms with E-state index in [1.807, 2.05) is 18.7 Å². The van der Waals surface area contributed by atoms with Crippen LogP contribution >= 0.6 is 11.3 Å². The number of piperazine rings is 1. The number of aromatic nitrogens is 1. The van der Waals surface area contributed by atoms with E-state index >= 15 is 0 Å². The maximum atomic E-state index is 12.6. The summed E-state index contributed by atoms with van der Waals surface area (Å²) in [6.07, 6.45) is 0.843. The number of thiazole rings is 1. The van der Waals surface area contributed by atoms with E-state index in [9.17, 15) is 13.2 Å². The van der Waals surface area contributed by atoms with Crippen LogP contribution in [0.4, 0.5) is 5.13 Å². The lowest BCUT2D eigenvalue weighted by Gasteiger charge is -2.33. The van der Waals surface area contributed by atoms with Crippen molar-refractivity contribution >= 4 is 32.4 Å². The molecular formula is C18H24N4O3S2. The van der Waals surface area contributed by atoms with E-state index in [1.54, 1.807) is 30.3 Å². The van der Waals surface area contributed by atoms with Gasteiger partial charge in [0.2, 0.25) is 15.9 Å². The maximum Gasteiger partial charge on any atom is 0.243 e. The summed E-state index contributed by atoms with van der Waals surface area (Å²) in [5, 5.41) is 3.47. The van der Waals surface area contributed by atoms with Crippen LogP contribution in [0.2, 0.25) is 0 Å². The summed E-state index contributed by atoms with van der Waals surface area (Å²) in [5.41, 5.74) is 1.01. The highest BCUT2D eigenvalue weighted by Crippen LogP contribution is 2.22. The van der Waals surface area contributed by atoms with Gasteiger partial charge >= 0.3 is 0 Å². The molecule has 0 spiro atoms. The number of amides is 1. The molecule has 27 heavy (non-hydrogen) atoms. The van der Waals surface area contributed by atoms with E-state index in [4.69, 9.17) is 0 Å². The number of hydrogen-bond acceptors (Lipinski definition) is 6. The number of hydrogen-bond donors (Lipinski definition) is 1. The zero-order valence-corrected chi connectivity index (χ0v) is 17.1. The topological polar surface area (TPSA) is 82.6 Å². The smallest absolute Gasteiger partial charge is 0.243 e. The molecule has 1 saturated heterocycles. The first-order chi connectivity index (χ1) is 12.9. The van der Waals surface area contributed by atoms with E-state index in [0.29, 0.717) is 36.2 Å². The van der Waals surface area contributed by atoms with E-state index in [2.05, 4.69) is 10.3 Å². The Morgan fingerprint density at radius 1 is 1.19 bits per heavy atom. The van der Waals surface area contributed by atoms with Crippen molar-refractivity contribution in [3.8, 4) is 0 Å². The standard InChI is InChI=1S/C18H24N4O3S2/c1-3-16-14(2)26-18(19-16)20-17(23)13-21-9-11-22(12-10-21)27(24,25)15-7-5-4-6-8-15/h4-8H,3,9-13H2,1-2H3,(H,19,20,23). The molecule has 146 valence electrons. The van der Waals surface area contributed by atoms with Gasteiger partial charge in [-0.1, -0.05) is 25.1 Å². The van der Waals surface area contributed by atoms with Crippen LogP contribution in [0.15, 0.2) is 35.2 Å². The normalized spacial score (nSPS) is 16.4. The minimum Gasteiger partial charge on any atom is -0.301 e. The van der Waals surface area contributed by atoms with Gasteiger partial charge in [0.25, 0.3) is 0 Å². The summed E-state index contributed by atoms with van der Waals surface area (Å²) in [6, 6.07) is 8.45. The maximum absolute atomic E-state index is 12.6. The first-order valence-electron chi connectivity index (χ1n) is 8.94. The summed E-state index contributed by atoms with van der Waals surface area (Å²) in [5.74, 6) is -0.120. The summed E-state index contributed by atoms with van der Waals surface area (Å²) in [6.45, 7) is 6.07. The van der Waals surface area contributed by atoms with Crippen molar-refractivity contribution in [1.82, 2.24) is 14.2 Å². The summed E-state index contributed by atoms with van der Waals surface area (Å²) in [4.78, 5) is 20.1. The molecule has 0 bridgehead atoms. The molecule has 7 nitrogen and oxygen atoms in total. The first-order valence-corrected chi connectivity index (χ1v) is 11.2. The molecule has 0 radical (unpaired) electrons. The Labute approximate surface area is 164 Å². The van der Waals surface area contributed by atoms with Crippen molar-refractivity contribution in [2.24, 2.45) is 0 Å². The molecule has 1 aromatic carbocycles. The Morgan fingerprint density at radius 3 is 2.44 bits per heavy atom. The van der Waals surface area contributed by atoms with Gasteiger partial charge in [-0.15, -0.1) is 11.3 Å². The van der Waals surface area contributed by atoms with Crippen molar-refractivity contribution < 1.29 is 13.2 Å². The molecule has 0 aliphatic carbocycles. The van der Waals surface area contributed by atoms with Gasteiger partial charge < -0.3 is 5.32 Å². The lowest BCUT2D eigenvalue weighted by molar-refractivity contribution is -0.117. The monoisotopic (exact) mass is 408 g/mol. The lowest BCUT2D eigenvalue weighted by atomic mass is 10.3. The molecule has 1 aliphatic rings. The molecule has 3 rings (SSSR count). The number of aryl methyl sites for hydroxylation is 2. The number of rotatable bonds is 6. The van der Waals surface area contributed by atoms with Gasteiger partial charge in [-0.25, -0.2) is 13.4 Å². The summed E-state index contributed by atoms with van der Waals surface area (Å²) in [7, 11) is -3.47. The third kappa shape index (κ3) is 4.73. The number of carbonyl (C=O) groups is 1. The highest BCUT2D eigenvalue weighted by Gasteiger charge is 2.28. The van der Waals surface area contributed by atoms with Crippen LogP contribution in [0.5, 0.6) is 0 Å². The minimum absolute atomic E-state index is 0.120. The molecular weight excluding hydrogens is 384 g/mol. The average Bonchev–Trinajstić information content (AvgIpc) is 3.02. The molecule has 1 N–H and O–H groups in total. The number of nitrogens with one attached hydrogen (secondary N) is 1. The molecule has 1 fully saturated rings. The second kappa shape index (κ2) is 8.47. The van der Waals surface area contributed by atoms with Gasteiger partial charge in [-0.3, -0.25) is 9.69 Å². The lowest BCUT2D eigenvalue weighted by Crippen LogP contribution is -2.50. The largest absolute Gasteiger partial charge is 0.301 e. The Hall–Kier alpha value is -1.81. The molecule has 1 amide bonds. The zero-order chi connectivity index (χ0) is 19.4. The predicted molar refractivity (Wildman–Crippen MR) is 106 cm³/mol. The fraction of sp³-hybridized carbons (Fsp3) is 0.444. The molecule has 2 heterocycles. The van der Waals surface area contributed by atoms with Crippen molar-refractivity contribution in [3.05, 3.63) is 40.9 Å². The van der Waals surface area contributed by atoms with Crippen molar-refractivity contribution in [2.75, 3.05) is 38.0 Å². The molecule has 0 unspecified atom stereocenters. The Morgan fingerprint density at radius 2 is 1.85 bits per heavy atom. The third-order valence-electron chi connectivity index (χ3n) is 4.55. The van der Waals surface area contributed by atoms with Crippen LogP contribution in [-0.4, -0.2) is 61.2 Å². The summed E-state index contributed by atoms with van der Waals surface area (Å²) < 4.78 is 26.8. The molecule has 2 aromatic rings. The molecule has 1 aliphatic heterocycles. The van der Waals surface area contributed by atoms with Crippen LogP contribution in [0.25, 0.3) is 0 Å². The molecule has 0 atom stereocenters. The quantitative estimate of drug-likeness (QED) is 0.790. The van der Waals surface area contributed by atoms with E-state index < -0.39 is 10.0 Å². The van der Waals surface area contributed by atoms with Crippen molar-refractivity contribution in [3.63, 3.8) is 0 Å². The second-order valence-corrected chi connectivity index (χ2v) is 9.56. The number of benzene rings is 1. The highest BCUT2D eigenvalue weighted by atomic mass is 32.2. The van der Waals surface area contributed by atoms with Crippen molar-refractivity contribution in [1.29, 1.82) is 0 Å². The number of sulfonamides is 1. The number of nitrogens with zero attached hydrogens (tertiary/aromatic N) is 3. The van der Waals surface area contributed by atoms with Crippen LogP contribution < -0.4 is 5.32 Å². The number of carbonyl (C=O) groups excluding carboxylic acids is 1. The average molecular weight is 409 g/mol. The molecule has 9 heteroatoms. The number of anilines is 1. The van der Waals surface area contributed by atoms with E-state index in [-0.39, 0.29) is 12.5 Å². The minimum atomic E-state index is -3.47. The molecule has 0 saturated carbocycles. The van der Waals surface area contributed by atoms with Crippen molar-refractivity contribution in [2.45, 2.75) is 25.2 Å². The Kier molecular flexibility index (Phi) is 6.25. The fourth-order valence-corrected chi connectivity index (χ4v) is 5.40. The first kappa shape index (κ1) is 19.9. The Balaban J connectivity index is 1.52. The van der Waals surface area contributed by atoms with Crippen LogP contribution in [0, 0.1) is 6.92 Å². The van der Waals surface area contributed by atoms with Gasteiger partial charge in [0.05, 0.1) is 17.1 Å². The van der Waals surface area contributed by atoms with Gasteiger partial charge in [-0.05, 0) is 25.5 Å². The van der Waals surface area contributed by atoms with Crippen LogP contribution in [0.1, 0.15) is 17.5 Å². The molecule has 1 aromatic heterocycles. The second-order valence-electron chi connectivity index (χ2n) is 6.42. The van der Waals surface area contributed by atoms with Gasteiger partial charge in [-0.2, -0.15) is 4.31 Å². The van der Waals surface area contributed by atoms with Gasteiger partial charge in [0.15, 0.2) is 5.13 Å². The zero-order valence-electron chi connectivity index (χ0n) is 15.5. The van der Waals surface area contributed by atoms with Crippen LogP contribution in [-0.2, 0) is 21.2 Å². The van der Waals surface area contributed by atoms with Crippen LogP contribution in [0.3, 0.4) is 0 Å². The van der Waals surface area contributed by atoms with E-state index in [1.165, 1.54) is 15.6 Å². The fourth-order valence-electron chi connectivity index (χ4n) is 3.04. The van der Waals surface area contributed by atoms with E-state index in [0.717, 1.165) is 17.0 Å². The highest BCUT2D eigenvalue weighted by molar-refractivity contribution is 7.89. The third-order valence-corrected chi connectivity index (χ3v) is 7.39. The predicted octanol–water partition coefficient (Wildman–Crippen LogP) is 1.96.